The van der Waals surface area contributed by atoms with Crippen molar-refractivity contribution in [1.29, 1.82) is 0 Å². The molecule has 1 aliphatic heterocycles. The summed E-state index contributed by atoms with van der Waals surface area (Å²) in [6.45, 7) is 18.2. The molecule has 0 amide bonds. The number of aryl methyl sites for hydroxylation is 7. The van der Waals surface area contributed by atoms with Gasteiger partial charge in [0.2, 0.25) is 0 Å². The van der Waals surface area contributed by atoms with Crippen LogP contribution in [0.15, 0.2) is 127 Å². The van der Waals surface area contributed by atoms with Crippen LogP contribution in [0.3, 0.4) is 0 Å². The zero-order valence-corrected chi connectivity index (χ0v) is 29.8. The average molecular weight is 650 g/mol. The standard InChI is InChI=1S/C7H8.C6H8O.C5H11NO.2C5H6O.2C5H6S/c1-7-5-3-2-4-6-7;1-5-3-4-7-6(5)2;1-6-2-4-7-5-3-6;1-5-2-3-6-4-5;1-5-3-2-4-6-5;1-5-2-3-6-4-5;1-5-3-2-4-6-5/h2-6H,1H3;3-4H,1-2H3;2-5H2,1H3;4*2-4H,1H3. The number of hydrogen-bond donors (Lipinski definition) is 0. The van der Waals surface area contributed by atoms with Gasteiger partial charge in [-0.05, 0) is 125 Å². The molecule has 1 aliphatic rings. The minimum atomic E-state index is 0.913. The number of hydrogen-bond acceptors (Lipinski definition) is 7. The monoisotopic (exact) mass is 649 g/mol. The van der Waals surface area contributed by atoms with Crippen LogP contribution in [0.1, 0.15) is 38.7 Å². The lowest BCUT2D eigenvalue weighted by molar-refractivity contribution is 0.0503. The van der Waals surface area contributed by atoms with Crippen LogP contribution in [-0.4, -0.2) is 38.3 Å². The Hall–Kier alpha value is -3.62. The van der Waals surface area contributed by atoms with Crippen LogP contribution in [0, 0.1) is 48.5 Å². The van der Waals surface area contributed by atoms with Gasteiger partial charge in [-0.3, -0.25) is 0 Å². The van der Waals surface area contributed by atoms with Crippen molar-refractivity contribution in [3.63, 3.8) is 0 Å². The van der Waals surface area contributed by atoms with E-state index in [0.717, 1.165) is 37.8 Å². The summed E-state index contributed by atoms with van der Waals surface area (Å²) in [5, 5.41) is 6.28. The minimum Gasteiger partial charge on any atom is -0.472 e. The summed E-state index contributed by atoms with van der Waals surface area (Å²) in [7, 11) is 2.11. The number of furan rings is 3. The number of thiophene rings is 2. The van der Waals surface area contributed by atoms with Gasteiger partial charge in [-0.1, -0.05) is 42.0 Å². The number of rotatable bonds is 0. The third-order valence-corrected chi connectivity index (χ3v) is 7.55. The van der Waals surface area contributed by atoms with Crippen molar-refractivity contribution in [1.82, 2.24) is 4.90 Å². The maximum Gasteiger partial charge on any atom is 0.103 e. The number of ether oxygens (including phenoxy) is 1. The summed E-state index contributed by atoms with van der Waals surface area (Å²) < 4.78 is 19.6. The highest BCUT2D eigenvalue weighted by atomic mass is 32.1. The zero-order valence-electron chi connectivity index (χ0n) is 28.2. The van der Waals surface area contributed by atoms with Gasteiger partial charge in [0.15, 0.2) is 0 Å². The van der Waals surface area contributed by atoms with Crippen molar-refractivity contribution in [2.24, 2.45) is 0 Å². The first kappa shape index (κ1) is 39.4. The Bertz CT molecular complexity index is 1240. The number of morpholine rings is 1. The molecule has 5 aromatic heterocycles. The fourth-order valence-corrected chi connectivity index (χ4v) is 4.22. The number of nitrogens with zero attached hydrogens (tertiary/aromatic N) is 1. The Labute approximate surface area is 279 Å². The van der Waals surface area contributed by atoms with Gasteiger partial charge >= 0.3 is 0 Å². The maximum absolute atomic E-state index is 5.10. The first-order valence-corrected chi connectivity index (χ1v) is 16.8. The third-order valence-electron chi connectivity index (χ3n) is 5.95. The second kappa shape index (κ2) is 25.7. The molecule has 0 radical (unpaired) electrons. The second-order valence-electron chi connectivity index (χ2n) is 10.3. The van der Waals surface area contributed by atoms with E-state index < -0.39 is 0 Å². The van der Waals surface area contributed by atoms with Crippen LogP contribution < -0.4 is 0 Å². The average Bonchev–Trinajstić information content (AvgIpc) is 3.89. The van der Waals surface area contributed by atoms with E-state index >= 15 is 0 Å². The van der Waals surface area contributed by atoms with Crippen molar-refractivity contribution in [3.8, 4) is 0 Å². The first-order chi connectivity index (χ1) is 21.7. The van der Waals surface area contributed by atoms with Crippen LogP contribution in [0.25, 0.3) is 0 Å². The van der Waals surface area contributed by atoms with Gasteiger partial charge in [-0.25, -0.2) is 0 Å². The molecule has 45 heavy (non-hydrogen) atoms. The van der Waals surface area contributed by atoms with Crippen molar-refractivity contribution in [2.75, 3.05) is 33.4 Å². The van der Waals surface area contributed by atoms with E-state index in [2.05, 4.69) is 79.2 Å². The summed E-state index contributed by atoms with van der Waals surface area (Å²) in [6.07, 6.45) is 6.73. The topological polar surface area (TPSA) is 51.9 Å². The normalized spacial score (nSPS) is 11.5. The van der Waals surface area contributed by atoms with Gasteiger partial charge < -0.3 is 22.9 Å². The molecule has 6 aromatic rings. The van der Waals surface area contributed by atoms with Gasteiger partial charge in [0.25, 0.3) is 0 Å². The van der Waals surface area contributed by atoms with Crippen LogP contribution in [-0.2, 0) is 4.74 Å². The lowest BCUT2D eigenvalue weighted by Gasteiger charge is -2.21. The summed E-state index contributed by atoms with van der Waals surface area (Å²) >= 11 is 3.52. The molecule has 0 bridgehead atoms. The summed E-state index contributed by atoms with van der Waals surface area (Å²) in [4.78, 5) is 3.65. The van der Waals surface area contributed by atoms with Gasteiger partial charge in [0, 0.05) is 18.0 Å². The van der Waals surface area contributed by atoms with Crippen molar-refractivity contribution < 1.29 is 18.0 Å². The van der Waals surface area contributed by atoms with Gasteiger partial charge in [-0.15, -0.1) is 11.3 Å². The van der Waals surface area contributed by atoms with E-state index in [4.69, 9.17) is 18.0 Å². The Kier molecular flexibility index (Phi) is 22.5. The molecule has 7 rings (SSSR count). The molecule has 0 aliphatic carbocycles. The van der Waals surface area contributed by atoms with Gasteiger partial charge in [0.05, 0.1) is 38.3 Å². The molecule has 5 nitrogen and oxygen atoms in total. The van der Waals surface area contributed by atoms with Crippen molar-refractivity contribution in [2.45, 2.75) is 48.5 Å². The Morgan fingerprint density at radius 3 is 1.56 bits per heavy atom. The summed E-state index contributed by atoms with van der Waals surface area (Å²) in [6, 6.07) is 24.2. The molecule has 0 spiro atoms. The van der Waals surface area contributed by atoms with E-state index in [1.807, 2.05) is 70.2 Å². The molecule has 0 unspecified atom stereocenters. The lowest BCUT2D eigenvalue weighted by Crippen LogP contribution is -2.32. The maximum atomic E-state index is 5.10. The third kappa shape index (κ3) is 23.4. The van der Waals surface area contributed by atoms with Crippen LogP contribution >= 0.6 is 22.7 Å². The Balaban J connectivity index is 0.000000263. The molecule has 7 heteroatoms. The fourth-order valence-electron chi connectivity index (χ4n) is 3.02. The largest absolute Gasteiger partial charge is 0.472 e. The highest BCUT2D eigenvalue weighted by Crippen LogP contribution is 2.05. The predicted molar refractivity (Wildman–Crippen MR) is 193 cm³/mol. The molecule has 1 saturated heterocycles. The lowest BCUT2D eigenvalue weighted by atomic mass is 10.2. The van der Waals surface area contributed by atoms with E-state index in [-0.39, 0.29) is 0 Å². The van der Waals surface area contributed by atoms with E-state index in [0.29, 0.717) is 0 Å². The molecular formula is C38H51NO4S2. The van der Waals surface area contributed by atoms with Gasteiger partial charge in [-0.2, -0.15) is 11.3 Å². The predicted octanol–water partition coefficient (Wildman–Crippen LogP) is 11.1. The first-order valence-electron chi connectivity index (χ1n) is 14.9. The van der Waals surface area contributed by atoms with Crippen molar-refractivity contribution in [3.05, 3.63) is 153 Å². The highest BCUT2D eigenvalue weighted by molar-refractivity contribution is 7.09. The quantitative estimate of drug-likeness (QED) is 0.164. The van der Waals surface area contributed by atoms with Gasteiger partial charge in [0.1, 0.15) is 11.5 Å². The number of likely N-dealkylation sites (N-methyl/N-ethyl adjacent to an activating group) is 1. The molecule has 1 aromatic carbocycles. The summed E-state index contributed by atoms with van der Waals surface area (Å²) in [5.41, 5.74) is 5.08. The van der Waals surface area contributed by atoms with Crippen LogP contribution in [0.2, 0.25) is 0 Å². The smallest absolute Gasteiger partial charge is 0.103 e. The Morgan fingerprint density at radius 1 is 0.622 bits per heavy atom. The SMILES string of the molecule is CN1CCOCC1.Cc1ccccc1.Cc1ccco1.Cc1cccs1.Cc1ccoc1.Cc1ccoc1C.Cc1ccsc1. The molecule has 0 N–H and O–H groups in total. The minimum absolute atomic E-state index is 0.913. The molecule has 1 fully saturated rings. The molecule has 0 atom stereocenters. The van der Waals surface area contributed by atoms with E-state index in [1.165, 1.54) is 27.1 Å². The van der Waals surface area contributed by atoms with Crippen LogP contribution in [0.5, 0.6) is 0 Å². The van der Waals surface area contributed by atoms with E-state index in [9.17, 15) is 0 Å². The zero-order chi connectivity index (χ0) is 33.1. The van der Waals surface area contributed by atoms with E-state index in [1.54, 1.807) is 47.7 Å². The number of benzene rings is 1. The molecule has 6 heterocycles. The highest BCUT2D eigenvalue weighted by Gasteiger charge is 2.02. The van der Waals surface area contributed by atoms with Crippen molar-refractivity contribution >= 4 is 22.7 Å². The Morgan fingerprint density at radius 2 is 1.36 bits per heavy atom. The fraction of sp³-hybridized carbons (Fsp3) is 0.316. The second-order valence-corrected chi connectivity index (χ2v) is 12.2. The molecular weight excluding hydrogens is 599 g/mol. The summed E-state index contributed by atoms with van der Waals surface area (Å²) in [5.74, 6) is 1.98. The van der Waals surface area contributed by atoms with Crippen LogP contribution in [0.4, 0.5) is 0 Å². The molecule has 0 saturated carbocycles. The molecule has 244 valence electrons.